The average Bonchev–Trinajstić information content (AvgIpc) is 2.43. The molecule has 0 heterocycles. The summed E-state index contributed by atoms with van der Waals surface area (Å²) in [6.45, 7) is 0. The van der Waals surface area contributed by atoms with Gasteiger partial charge in [-0.1, -0.05) is 29.8 Å². The molecule has 2 rings (SSSR count). The molecule has 0 aliphatic carbocycles. The first kappa shape index (κ1) is 15.3. The van der Waals surface area contributed by atoms with Crippen LogP contribution >= 0.6 is 11.6 Å². The van der Waals surface area contributed by atoms with E-state index in [1.165, 1.54) is 42.5 Å². The molecule has 0 bridgehead atoms. The lowest BCUT2D eigenvalue weighted by molar-refractivity contribution is 0.483. The van der Waals surface area contributed by atoms with Crippen LogP contribution in [-0.4, -0.2) is 8.42 Å². The Kier molecular flexibility index (Phi) is 4.46. The van der Waals surface area contributed by atoms with E-state index in [0.29, 0.717) is 0 Å². The molecule has 4 nitrogen and oxygen atoms in total. The first-order valence-electron chi connectivity index (χ1n) is 5.76. The lowest BCUT2D eigenvalue weighted by Crippen LogP contribution is -2.13. The van der Waals surface area contributed by atoms with Gasteiger partial charge >= 0.3 is 10.1 Å². The standard InChI is InChI=1S/C14H9ClFNO3S/c15-12-7-10(8-17)5-6-14(12)20-21(18,19)9-11-3-1-2-4-13(11)16/h1-7H,9H2. The van der Waals surface area contributed by atoms with Crippen molar-refractivity contribution in [3.05, 3.63) is 64.4 Å². The molecule has 0 radical (unpaired) electrons. The predicted molar refractivity (Wildman–Crippen MR) is 75.8 cm³/mol. The van der Waals surface area contributed by atoms with Crippen LogP contribution in [0.5, 0.6) is 5.75 Å². The van der Waals surface area contributed by atoms with E-state index >= 15 is 0 Å². The summed E-state index contributed by atoms with van der Waals surface area (Å²) >= 11 is 5.83. The number of nitrogens with zero attached hydrogens (tertiary/aromatic N) is 1. The zero-order valence-corrected chi connectivity index (χ0v) is 12.2. The van der Waals surface area contributed by atoms with Gasteiger partial charge in [-0.15, -0.1) is 0 Å². The minimum Gasteiger partial charge on any atom is -0.381 e. The maximum Gasteiger partial charge on any atom is 0.313 e. The molecule has 2 aromatic carbocycles. The van der Waals surface area contributed by atoms with Crippen molar-refractivity contribution in [1.82, 2.24) is 0 Å². The van der Waals surface area contributed by atoms with Crippen molar-refractivity contribution in [2.75, 3.05) is 0 Å². The Bertz CT molecular complexity index is 815. The number of halogens is 2. The van der Waals surface area contributed by atoms with Crippen molar-refractivity contribution in [3.63, 3.8) is 0 Å². The lowest BCUT2D eigenvalue weighted by Gasteiger charge is -2.09. The molecule has 0 amide bonds. The molecule has 0 aromatic heterocycles. The minimum absolute atomic E-state index is 0.00210. The molecule has 0 saturated carbocycles. The number of hydrogen-bond donors (Lipinski definition) is 0. The van der Waals surface area contributed by atoms with E-state index < -0.39 is 21.7 Å². The highest BCUT2D eigenvalue weighted by atomic mass is 35.5. The van der Waals surface area contributed by atoms with Crippen LogP contribution in [0.2, 0.25) is 5.02 Å². The number of hydrogen-bond acceptors (Lipinski definition) is 4. The van der Waals surface area contributed by atoms with Crippen molar-refractivity contribution < 1.29 is 17.0 Å². The van der Waals surface area contributed by atoms with Gasteiger partial charge in [0.2, 0.25) is 0 Å². The van der Waals surface area contributed by atoms with Crippen molar-refractivity contribution in [3.8, 4) is 11.8 Å². The van der Waals surface area contributed by atoms with Gasteiger partial charge in [-0.3, -0.25) is 0 Å². The third-order valence-corrected chi connectivity index (χ3v) is 3.96. The van der Waals surface area contributed by atoms with Gasteiger partial charge in [0.1, 0.15) is 11.6 Å². The van der Waals surface area contributed by atoms with Gasteiger partial charge in [-0.25, -0.2) is 4.39 Å². The summed E-state index contributed by atoms with van der Waals surface area (Å²) in [5, 5.41) is 8.69. The smallest absolute Gasteiger partial charge is 0.313 e. The van der Waals surface area contributed by atoms with Crippen LogP contribution in [-0.2, 0) is 15.9 Å². The molecule has 0 aliphatic heterocycles. The van der Waals surface area contributed by atoms with E-state index in [4.69, 9.17) is 21.0 Å². The Hall–Kier alpha value is -2.10. The molecule has 0 spiro atoms. The summed E-state index contributed by atoms with van der Waals surface area (Å²) < 4.78 is 42.1. The highest BCUT2D eigenvalue weighted by Gasteiger charge is 2.18. The van der Waals surface area contributed by atoms with Crippen LogP contribution in [0, 0.1) is 17.1 Å². The quantitative estimate of drug-likeness (QED) is 0.809. The third-order valence-electron chi connectivity index (χ3n) is 2.57. The normalized spacial score (nSPS) is 10.9. The second-order valence-corrected chi connectivity index (χ2v) is 6.11. The molecular weight excluding hydrogens is 317 g/mol. The van der Waals surface area contributed by atoms with E-state index in [1.807, 2.05) is 6.07 Å². The zero-order chi connectivity index (χ0) is 15.5. The molecule has 0 fully saturated rings. The van der Waals surface area contributed by atoms with Gasteiger partial charge in [-0.2, -0.15) is 13.7 Å². The second kappa shape index (κ2) is 6.12. The molecule has 7 heteroatoms. The van der Waals surface area contributed by atoms with Crippen LogP contribution in [0.3, 0.4) is 0 Å². The van der Waals surface area contributed by atoms with Crippen LogP contribution < -0.4 is 4.18 Å². The van der Waals surface area contributed by atoms with Crippen LogP contribution in [0.4, 0.5) is 4.39 Å². The average molecular weight is 326 g/mol. The first-order valence-corrected chi connectivity index (χ1v) is 7.72. The fraction of sp³-hybridized carbons (Fsp3) is 0.0714. The number of rotatable bonds is 4. The summed E-state index contributed by atoms with van der Waals surface area (Å²) in [5.41, 5.74) is 0.279. The minimum atomic E-state index is -4.06. The topological polar surface area (TPSA) is 67.2 Å². The van der Waals surface area contributed by atoms with Gasteiger partial charge < -0.3 is 4.18 Å². The molecular formula is C14H9ClFNO3S. The maximum absolute atomic E-state index is 13.5. The van der Waals surface area contributed by atoms with E-state index in [1.54, 1.807) is 0 Å². The first-order chi connectivity index (χ1) is 9.91. The highest BCUT2D eigenvalue weighted by molar-refractivity contribution is 7.86. The molecule has 0 aliphatic rings. The van der Waals surface area contributed by atoms with Gasteiger partial charge in [0.25, 0.3) is 0 Å². The summed E-state index contributed by atoms with van der Waals surface area (Å²) in [4.78, 5) is 0. The van der Waals surface area contributed by atoms with E-state index in [2.05, 4.69) is 0 Å². The Labute approximate surface area is 126 Å². The van der Waals surface area contributed by atoms with Gasteiger partial charge in [0.15, 0.2) is 5.75 Å². The molecule has 0 N–H and O–H groups in total. The molecule has 0 saturated heterocycles. The van der Waals surface area contributed by atoms with Gasteiger partial charge in [-0.05, 0) is 24.3 Å². The fourth-order valence-electron chi connectivity index (χ4n) is 1.61. The van der Waals surface area contributed by atoms with E-state index in [-0.39, 0.29) is 21.9 Å². The van der Waals surface area contributed by atoms with Gasteiger partial charge in [0, 0.05) is 5.56 Å². The SMILES string of the molecule is N#Cc1ccc(OS(=O)(=O)Cc2ccccc2F)c(Cl)c1. The van der Waals surface area contributed by atoms with Crippen LogP contribution in [0.15, 0.2) is 42.5 Å². The largest absolute Gasteiger partial charge is 0.381 e. The Balaban J connectivity index is 2.23. The van der Waals surface area contributed by atoms with Crippen LogP contribution in [0.25, 0.3) is 0 Å². The zero-order valence-electron chi connectivity index (χ0n) is 10.6. The lowest BCUT2D eigenvalue weighted by atomic mass is 10.2. The maximum atomic E-state index is 13.5. The Morgan fingerprint density at radius 2 is 1.95 bits per heavy atom. The summed E-state index contributed by atoms with van der Waals surface area (Å²) in [6.07, 6.45) is 0. The molecule has 0 atom stereocenters. The van der Waals surface area contributed by atoms with Crippen molar-refractivity contribution in [2.24, 2.45) is 0 Å². The number of nitriles is 1. The van der Waals surface area contributed by atoms with Crippen LogP contribution in [0.1, 0.15) is 11.1 Å². The highest BCUT2D eigenvalue weighted by Crippen LogP contribution is 2.27. The predicted octanol–water partition coefficient (Wildman–Crippen LogP) is 3.26. The monoisotopic (exact) mass is 325 g/mol. The summed E-state index contributed by atoms with van der Waals surface area (Å²) in [7, 11) is -4.06. The molecule has 0 unspecified atom stereocenters. The summed E-state index contributed by atoms with van der Waals surface area (Å²) in [5.74, 6) is -1.35. The number of benzene rings is 2. The van der Waals surface area contributed by atoms with E-state index in [9.17, 15) is 12.8 Å². The van der Waals surface area contributed by atoms with Gasteiger partial charge in [0.05, 0.1) is 16.7 Å². The summed E-state index contributed by atoms with van der Waals surface area (Å²) in [6, 6.07) is 11.3. The molecule has 108 valence electrons. The molecule has 2 aromatic rings. The van der Waals surface area contributed by atoms with Crippen molar-refractivity contribution in [2.45, 2.75) is 5.75 Å². The Morgan fingerprint density at radius 1 is 1.24 bits per heavy atom. The van der Waals surface area contributed by atoms with Crippen molar-refractivity contribution >= 4 is 21.7 Å². The Morgan fingerprint density at radius 3 is 2.57 bits per heavy atom. The third kappa shape index (κ3) is 3.94. The van der Waals surface area contributed by atoms with E-state index in [0.717, 1.165) is 0 Å². The van der Waals surface area contributed by atoms with Crippen molar-refractivity contribution in [1.29, 1.82) is 5.26 Å². The molecule has 21 heavy (non-hydrogen) atoms. The fourth-order valence-corrected chi connectivity index (χ4v) is 2.97. The second-order valence-electron chi connectivity index (χ2n) is 4.13.